The lowest BCUT2D eigenvalue weighted by Crippen LogP contribution is -2.38. The zero-order valence-electron chi connectivity index (χ0n) is 17.6. The van der Waals surface area contributed by atoms with E-state index in [1.807, 2.05) is 4.90 Å². The SMILES string of the molecule is N#CC1CCN(CCCN2CCN(C(=O)/C=C/c3ccc(F)c(Cl)c3)CCC2=O)CC1. The zero-order valence-corrected chi connectivity index (χ0v) is 18.4. The summed E-state index contributed by atoms with van der Waals surface area (Å²) in [5.41, 5.74) is 0.645. The average molecular weight is 447 g/mol. The summed E-state index contributed by atoms with van der Waals surface area (Å²) < 4.78 is 13.2. The second-order valence-corrected chi connectivity index (χ2v) is 8.47. The van der Waals surface area contributed by atoms with E-state index in [1.54, 1.807) is 17.0 Å². The van der Waals surface area contributed by atoms with E-state index in [2.05, 4.69) is 11.0 Å². The Bertz CT molecular complexity index is 862. The van der Waals surface area contributed by atoms with Gasteiger partial charge in [-0.15, -0.1) is 0 Å². The van der Waals surface area contributed by atoms with Crippen LogP contribution < -0.4 is 0 Å². The average Bonchev–Trinajstić information content (AvgIpc) is 2.96. The summed E-state index contributed by atoms with van der Waals surface area (Å²) in [5.74, 6) is -0.410. The van der Waals surface area contributed by atoms with Gasteiger partial charge in [-0.25, -0.2) is 4.39 Å². The molecular formula is C23H28ClFN4O2. The predicted octanol–water partition coefficient (Wildman–Crippen LogP) is 3.18. The fourth-order valence-electron chi connectivity index (χ4n) is 3.98. The molecule has 0 N–H and O–H groups in total. The van der Waals surface area contributed by atoms with Crippen molar-refractivity contribution < 1.29 is 14.0 Å². The van der Waals surface area contributed by atoms with Gasteiger partial charge in [0, 0.05) is 44.6 Å². The van der Waals surface area contributed by atoms with E-state index >= 15 is 0 Å². The van der Waals surface area contributed by atoms with Gasteiger partial charge in [0.05, 0.1) is 11.1 Å². The number of nitriles is 1. The van der Waals surface area contributed by atoms with Crippen LogP contribution in [-0.4, -0.2) is 72.3 Å². The Kier molecular flexibility index (Phi) is 8.44. The first-order valence-electron chi connectivity index (χ1n) is 10.8. The summed E-state index contributed by atoms with van der Waals surface area (Å²) >= 11 is 5.77. The minimum absolute atomic E-state index is 0.0139. The van der Waals surface area contributed by atoms with Gasteiger partial charge in [-0.3, -0.25) is 9.59 Å². The molecular weight excluding hydrogens is 419 g/mol. The van der Waals surface area contributed by atoms with Crippen LogP contribution in [0.15, 0.2) is 24.3 Å². The molecule has 2 heterocycles. The molecule has 1 aromatic carbocycles. The van der Waals surface area contributed by atoms with Crippen LogP contribution >= 0.6 is 11.6 Å². The Morgan fingerprint density at radius 3 is 2.68 bits per heavy atom. The molecule has 8 heteroatoms. The Morgan fingerprint density at radius 2 is 1.97 bits per heavy atom. The molecule has 0 radical (unpaired) electrons. The number of benzene rings is 1. The van der Waals surface area contributed by atoms with E-state index in [0.717, 1.165) is 38.9 Å². The second kappa shape index (κ2) is 11.3. The maximum Gasteiger partial charge on any atom is 0.246 e. The zero-order chi connectivity index (χ0) is 22.2. The second-order valence-electron chi connectivity index (χ2n) is 8.06. The Hall–Kier alpha value is -2.43. The summed E-state index contributed by atoms with van der Waals surface area (Å²) in [5, 5.41) is 9.00. The van der Waals surface area contributed by atoms with Crippen LogP contribution in [0.2, 0.25) is 5.02 Å². The largest absolute Gasteiger partial charge is 0.341 e. The van der Waals surface area contributed by atoms with Gasteiger partial charge in [-0.05, 0) is 62.7 Å². The summed E-state index contributed by atoms with van der Waals surface area (Å²) in [6.07, 6.45) is 6.10. The number of halogens is 2. The smallest absolute Gasteiger partial charge is 0.246 e. The van der Waals surface area contributed by atoms with Crippen molar-refractivity contribution in [3.05, 3.63) is 40.7 Å². The van der Waals surface area contributed by atoms with Crippen LogP contribution in [0.5, 0.6) is 0 Å². The molecule has 2 aliphatic rings. The number of nitrogens with zero attached hydrogens (tertiary/aromatic N) is 4. The van der Waals surface area contributed by atoms with Crippen molar-refractivity contribution in [2.45, 2.75) is 25.7 Å². The van der Waals surface area contributed by atoms with E-state index in [4.69, 9.17) is 16.9 Å². The molecule has 6 nitrogen and oxygen atoms in total. The molecule has 0 bridgehead atoms. The molecule has 2 aliphatic heterocycles. The Balaban J connectivity index is 1.44. The van der Waals surface area contributed by atoms with Crippen molar-refractivity contribution in [2.75, 3.05) is 45.8 Å². The fraction of sp³-hybridized carbons (Fsp3) is 0.522. The monoisotopic (exact) mass is 446 g/mol. The maximum atomic E-state index is 13.2. The third-order valence-electron chi connectivity index (χ3n) is 5.93. The van der Waals surface area contributed by atoms with Gasteiger partial charge in [-0.2, -0.15) is 5.26 Å². The quantitative estimate of drug-likeness (QED) is 0.629. The molecule has 0 atom stereocenters. The number of carbonyl (C=O) groups excluding carboxylic acids is 2. The molecule has 31 heavy (non-hydrogen) atoms. The topological polar surface area (TPSA) is 67.7 Å². The van der Waals surface area contributed by atoms with Crippen LogP contribution in [0, 0.1) is 23.1 Å². The summed E-state index contributed by atoms with van der Waals surface area (Å²) in [6.45, 7) is 4.91. The maximum absolute atomic E-state index is 13.2. The lowest BCUT2D eigenvalue weighted by atomic mass is 9.98. The van der Waals surface area contributed by atoms with Gasteiger partial charge in [0.15, 0.2) is 0 Å². The molecule has 3 rings (SSSR count). The number of rotatable bonds is 6. The minimum Gasteiger partial charge on any atom is -0.341 e. The summed E-state index contributed by atoms with van der Waals surface area (Å²) in [6, 6.07) is 6.63. The normalized spacial score (nSPS) is 18.9. The lowest BCUT2D eigenvalue weighted by Gasteiger charge is -2.30. The first kappa shape index (κ1) is 23.2. The number of piperidine rings is 1. The fourth-order valence-corrected chi connectivity index (χ4v) is 4.17. The van der Waals surface area contributed by atoms with Crippen molar-refractivity contribution in [3.8, 4) is 6.07 Å². The standard InChI is InChI=1S/C23H28ClFN4O2/c24-20-16-18(2-4-21(20)25)3-5-22(30)29-13-8-23(31)28(14-15-29)10-1-9-27-11-6-19(17-26)7-12-27/h2-5,16,19H,1,6-15H2/b5-3+. The lowest BCUT2D eigenvalue weighted by molar-refractivity contribution is -0.130. The van der Waals surface area contributed by atoms with Crippen LogP contribution in [-0.2, 0) is 9.59 Å². The van der Waals surface area contributed by atoms with Gasteiger partial charge in [0.1, 0.15) is 5.82 Å². The predicted molar refractivity (Wildman–Crippen MR) is 118 cm³/mol. The van der Waals surface area contributed by atoms with Crippen molar-refractivity contribution in [1.82, 2.24) is 14.7 Å². The van der Waals surface area contributed by atoms with Gasteiger partial charge >= 0.3 is 0 Å². The molecule has 2 amide bonds. The van der Waals surface area contributed by atoms with E-state index in [-0.39, 0.29) is 22.8 Å². The highest BCUT2D eigenvalue weighted by Crippen LogP contribution is 2.18. The van der Waals surface area contributed by atoms with Crippen LogP contribution in [0.25, 0.3) is 6.08 Å². The van der Waals surface area contributed by atoms with E-state index in [0.29, 0.717) is 38.2 Å². The first-order chi connectivity index (χ1) is 15.0. The van der Waals surface area contributed by atoms with Gasteiger partial charge in [0.25, 0.3) is 0 Å². The van der Waals surface area contributed by atoms with Gasteiger partial charge in [0.2, 0.25) is 11.8 Å². The summed E-state index contributed by atoms with van der Waals surface area (Å²) in [4.78, 5) is 30.9. The highest BCUT2D eigenvalue weighted by molar-refractivity contribution is 6.30. The van der Waals surface area contributed by atoms with Gasteiger partial charge in [-0.1, -0.05) is 17.7 Å². The van der Waals surface area contributed by atoms with Crippen molar-refractivity contribution >= 4 is 29.5 Å². The van der Waals surface area contributed by atoms with Gasteiger partial charge < -0.3 is 14.7 Å². The molecule has 0 saturated carbocycles. The molecule has 0 aliphatic carbocycles. The number of carbonyl (C=O) groups is 2. The minimum atomic E-state index is -0.497. The number of hydrogen-bond donors (Lipinski definition) is 0. The van der Waals surface area contributed by atoms with Crippen molar-refractivity contribution in [1.29, 1.82) is 5.26 Å². The van der Waals surface area contributed by atoms with Crippen LogP contribution in [0.3, 0.4) is 0 Å². The molecule has 1 aromatic rings. The molecule has 0 unspecified atom stereocenters. The van der Waals surface area contributed by atoms with Crippen molar-refractivity contribution in [2.24, 2.45) is 5.92 Å². The third-order valence-corrected chi connectivity index (χ3v) is 6.22. The van der Waals surface area contributed by atoms with Crippen molar-refractivity contribution in [3.63, 3.8) is 0 Å². The first-order valence-corrected chi connectivity index (χ1v) is 11.2. The highest BCUT2D eigenvalue weighted by atomic mass is 35.5. The number of likely N-dealkylation sites (tertiary alicyclic amines) is 1. The highest BCUT2D eigenvalue weighted by Gasteiger charge is 2.23. The molecule has 2 saturated heterocycles. The third kappa shape index (κ3) is 6.78. The van der Waals surface area contributed by atoms with E-state index < -0.39 is 5.82 Å². The molecule has 0 aromatic heterocycles. The van der Waals surface area contributed by atoms with E-state index in [1.165, 1.54) is 18.2 Å². The molecule has 2 fully saturated rings. The molecule has 166 valence electrons. The summed E-state index contributed by atoms with van der Waals surface area (Å²) in [7, 11) is 0. The van der Waals surface area contributed by atoms with Crippen LogP contribution in [0.1, 0.15) is 31.2 Å². The Morgan fingerprint density at radius 1 is 1.19 bits per heavy atom. The number of hydrogen-bond acceptors (Lipinski definition) is 4. The Labute approximate surface area is 187 Å². The van der Waals surface area contributed by atoms with Crippen LogP contribution in [0.4, 0.5) is 4.39 Å². The molecule has 0 spiro atoms. The van der Waals surface area contributed by atoms with E-state index in [9.17, 15) is 14.0 Å². The number of amides is 2.